The molecule has 0 radical (unpaired) electrons. The third-order valence-corrected chi connectivity index (χ3v) is 4.74. The standard InChI is InChI=1S/C18H21FN4O4/c1-3-18(10-24)8-7-13(27-18)11-5-6-12-14(20-9-11)15(22-16(19)21-12)23-17(25)26-4-2/h1,9,11,13,24H,4-8,10H2,2H3,(H,21,22,23,25)/t11?,13-,18+/m1/s1. The van der Waals surface area contributed by atoms with Gasteiger partial charge in [-0.25, -0.2) is 9.78 Å². The average molecular weight is 376 g/mol. The molecule has 0 spiro atoms. The van der Waals surface area contributed by atoms with Gasteiger partial charge in [-0.1, -0.05) is 5.92 Å². The maximum atomic E-state index is 13.8. The highest BCUT2D eigenvalue weighted by Crippen LogP contribution is 2.37. The number of aromatic nitrogens is 2. The number of carbonyl (C=O) groups excluding carboxylic acids is 1. The third kappa shape index (κ3) is 4.07. The Kier molecular flexibility index (Phi) is 5.68. The van der Waals surface area contributed by atoms with Gasteiger partial charge in [-0.05, 0) is 32.6 Å². The summed E-state index contributed by atoms with van der Waals surface area (Å²) in [5.74, 6) is 2.41. The van der Waals surface area contributed by atoms with E-state index in [9.17, 15) is 14.3 Å². The molecule has 0 aromatic carbocycles. The Hall–Kier alpha value is -2.57. The summed E-state index contributed by atoms with van der Waals surface area (Å²) in [7, 11) is 0. The Bertz CT molecular complexity index is 794. The summed E-state index contributed by atoms with van der Waals surface area (Å²) in [4.78, 5) is 23.5. The zero-order valence-electron chi connectivity index (χ0n) is 14.9. The van der Waals surface area contributed by atoms with Crippen molar-refractivity contribution in [3.8, 4) is 12.3 Å². The minimum atomic E-state index is -0.958. The second kappa shape index (κ2) is 7.98. The van der Waals surface area contributed by atoms with Crippen LogP contribution in [0.5, 0.6) is 0 Å². The first-order valence-corrected chi connectivity index (χ1v) is 8.81. The monoisotopic (exact) mass is 376 g/mol. The van der Waals surface area contributed by atoms with E-state index >= 15 is 0 Å². The lowest BCUT2D eigenvalue weighted by molar-refractivity contribution is -0.0455. The number of terminal acetylenes is 1. The molecule has 0 saturated carbocycles. The van der Waals surface area contributed by atoms with Crippen LogP contribution in [-0.2, 0) is 15.9 Å². The van der Waals surface area contributed by atoms with E-state index in [4.69, 9.17) is 15.9 Å². The molecule has 2 aliphatic rings. The number of anilines is 1. The summed E-state index contributed by atoms with van der Waals surface area (Å²) < 4.78 is 24.5. The molecule has 1 amide bonds. The molecule has 3 atom stereocenters. The SMILES string of the molecule is C#C[C@@]1(CO)CC[C@H](C2C=Nc3c(nc(F)nc3NC(=O)OCC)CC2)O1. The molecule has 27 heavy (non-hydrogen) atoms. The molecule has 3 rings (SSSR count). The number of nitrogens with zero attached hydrogens (tertiary/aromatic N) is 3. The van der Waals surface area contributed by atoms with E-state index < -0.39 is 17.8 Å². The Labute approximate surface area is 156 Å². The van der Waals surface area contributed by atoms with Crippen LogP contribution in [-0.4, -0.2) is 52.3 Å². The molecular formula is C18H21FN4O4. The molecule has 1 aromatic rings. The third-order valence-electron chi connectivity index (χ3n) is 4.74. The van der Waals surface area contributed by atoms with Crippen molar-refractivity contribution in [1.29, 1.82) is 0 Å². The van der Waals surface area contributed by atoms with Crippen molar-refractivity contribution in [3.63, 3.8) is 0 Å². The normalized spacial score (nSPS) is 26.7. The van der Waals surface area contributed by atoms with Crippen molar-refractivity contribution in [2.24, 2.45) is 10.9 Å². The van der Waals surface area contributed by atoms with Crippen LogP contribution < -0.4 is 5.32 Å². The number of aryl methyl sites for hydroxylation is 1. The van der Waals surface area contributed by atoms with E-state index in [2.05, 4.69) is 26.2 Å². The van der Waals surface area contributed by atoms with Gasteiger partial charge in [0.1, 0.15) is 5.69 Å². The maximum absolute atomic E-state index is 13.8. The van der Waals surface area contributed by atoms with Gasteiger partial charge in [0.2, 0.25) is 0 Å². The van der Waals surface area contributed by atoms with Crippen LogP contribution in [0.2, 0.25) is 0 Å². The second-order valence-corrected chi connectivity index (χ2v) is 6.45. The first-order valence-electron chi connectivity index (χ1n) is 8.81. The first kappa shape index (κ1) is 19.2. The number of ether oxygens (including phenoxy) is 2. The number of aliphatic hydroxyl groups is 1. The van der Waals surface area contributed by atoms with Gasteiger partial charge in [-0.15, -0.1) is 6.42 Å². The van der Waals surface area contributed by atoms with Crippen LogP contribution in [0.15, 0.2) is 4.99 Å². The highest BCUT2D eigenvalue weighted by Gasteiger charge is 2.41. The Morgan fingerprint density at radius 1 is 1.56 bits per heavy atom. The van der Waals surface area contributed by atoms with Crippen LogP contribution in [0.1, 0.15) is 31.9 Å². The molecule has 8 nitrogen and oxygen atoms in total. The zero-order valence-corrected chi connectivity index (χ0v) is 14.9. The predicted molar refractivity (Wildman–Crippen MR) is 95.4 cm³/mol. The molecular weight excluding hydrogens is 355 g/mol. The van der Waals surface area contributed by atoms with E-state index in [1.807, 2.05) is 0 Å². The number of aliphatic imine (C=N–C) groups is 1. The molecule has 9 heteroatoms. The van der Waals surface area contributed by atoms with Crippen LogP contribution >= 0.6 is 0 Å². The smallest absolute Gasteiger partial charge is 0.412 e. The van der Waals surface area contributed by atoms with Crippen molar-refractivity contribution in [2.45, 2.75) is 44.3 Å². The van der Waals surface area contributed by atoms with Gasteiger partial charge in [0.25, 0.3) is 0 Å². The second-order valence-electron chi connectivity index (χ2n) is 6.45. The van der Waals surface area contributed by atoms with Gasteiger partial charge >= 0.3 is 12.2 Å². The average Bonchev–Trinajstić information content (AvgIpc) is 2.97. The van der Waals surface area contributed by atoms with E-state index in [1.54, 1.807) is 13.1 Å². The number of hydrogen-bond donors (Lipinski definition) is 2. The summed E-state index contributed by atoms with van der Waals surface area (Å²) in [6.45, 7) is 1.59. The summed E-state index contributed by atoms with van der Waals surface area (Å²) >= 11 is 0. The molecule has 0 aliphatic carbocycles. The number of hydrogen-bond acceptors (Lipinski definition) is 7. The fourth-order valence-electron chi connectivity index (χ4n) is 3.31. The van der Waals surface area contributed by atoms with Gasteiger partial charge in [0.15, 0.2) is 11.4 Å². The molecule has 1 fully saturated rings. The molecule has 144 valence electrons. The van der Waals surface area contributed by atoms with Crippen LogP contribution in [0.25, 0.3) is 0 Å². The molecule has 1 saturated heterocycles. The van der Waals surface area contributed by atoms with Gasteiger partial charge in [0, 0.05) is 12.1 Å². The minimum Gasteiger partial charge on any atom is -0.450 e. The molecule has 2 aliphatic heterocycles. The lowest BCUT2D eigenvalue weighted by Crippen LogP contribution is -2.33. The van der Waals surface area contributed by atoms with Crippen LogP contribution in [0.3, 0.4) is 0 Å². The Balaban J connectivity index is 1.81. The van der Waals surface area contributed by atoms with Crippen LogP contribution in [0, 0.1) is 24.3 Å². The predicted octanol–water partition coefficient (Wildman–Crippen LogP) is 1.99. The molecule has 2 N–H and O–H groups in total. The summed E-state index contributed by atoms with van der Waals surface area (Å²) in [5.41, 5.74) is -0.257. The minimum absolute atomic E-state index is 0.0338. The summed E-state index contributed by atoms with van der Waals surface area (Å²) in [5, 5.41) is 11.9. The van der Waals surface area contributed by atoms with Crippen molar-refractivity contribution in [1.82, 2.24) is 9.97 Å². The number of halogens is 1. The number of carbonyl (C=O) groups is 1. The van der Waals surface area contributed by atoms with Gasteiger partial charge in [-0.2, -0.15) is 9.37 Å². The van der Waals surface area contributed by atoms with Gasteiger partial charge < -0.3 is 14.6 Å². The molecule has 1 unspecified atom stereocenters. The first-order chi connectivity index (χ1) is 13.0. The maximum Gasteiger partial charge on any atom is 0.412 e. The van der Waals surface area contributed by atoms with E-state index in [0.717, 1.165) is 0 Å². The number of nitrogens with one attached hydrogen (secondary N) is 1. The quantitative estimate of drug-likeness (QED) is 0.615. The number of amides is 1. The van der Waals surface area contributed by atoms with Crippen molar-refractivity contribution in [3.05, 3.63) is 11.8 Å². The number of fused-ring (bicyclic) bond motifs is 1. The van der Waals surface area contributed by atoms with E-state index in [-0.39, 0.29) is 31.1 Å². The van der Waals surface area contributed by atoms with E-state index in [0.29, 0.717) is 37.1 Å². The van der Waals surface area contributed by atoms with E-state index in [1.165, 1.54) is 0 Å². The molecule has 3 heterocycles. The largest absolute Gasteiger partial charge is 0.450 e. The van der Waals surface area contributed by atoms with Gasteiger partial charge in [-0.3, -0.25) is 10.3 Å². The molecule has 0 bridgehead atoms. The zero-order chi connectivity index (χ0) is 19.4. The van der Waals surface area contributed by atoms with Crippen LogP contribution in [0.4, 0.5) is 20.7 Å². The highest BCUT2D eigenvalue weighted by atomic mass is 19.1. The topological polar surface area (TPSA) is 106 Å². The lowest BCUT2D eigenvalue weighted by atomic mass is 9.94. The van der Waals surface area contributed by atoms with Crippen molar-refractivity contribution in [2.75, 3.05) is 18.5 Å². The highest BCUT2D eigenvalue weighted by molar-refractivity contribution is 5.88. The van der Waals surface area contributed by atoms with Crippen molar-refractivity contribution >= 4 is 23.8 Å². The number of aliphatic hydroxyl groups excluding tert-OH is 1. The Morgan fingerprint density at radius 3 is 3.04 bits per heavy atom. The lowest BCUT2D eigenvalue weighted by Gasteiger charge is -2.24. The fourth-order valence-corrected chi connectivity index (χ4v) is 3.31. The summed E-state index contributed by atoms with van der Waals surface area (Å²) in [6.07, 6.45) is 7.59. The molecule has 1 aromatic heterocycles. The Morgan fingerprint density at radius 2 is 2.37 bits per heavy atom. The van der Waals surface area contributed by atoms with Gasteiger partial charge in [0.05, 0.1) is 25.0 Å². The number of rotatable bonds is 4. The fraction of sp³-hybridized carbons (Fsp3) is 0.556. The summed E-state index contributed by atoms with van der Waals surface area (Å²) in [6, 6.07) is 0. The van der Waals surface area contributed by atoms with Crippen molar-refractivity contribution < 1.29 is 23.8 Å².